The van der Waals surface area contributed by atoms with Gasteiger partial charge in [-0.1, -0.05) is 565 Å². The average Bonchev–Trinajstić information content (AvgIpc) is 0.869. The predicted octanol–water partition coefficient (Wildman–Crippen LogP) is 34.7. The van der Waals surface area contributed by atoms with Crippen LogP contribution in [0.25, 0.3) is 0 Å². The van der Waals surface area contributed by atoms with E-state index < -0.39 is 20.2 Å². The second-order valence-corrected chi connectivity index (χ2v) is 37.4. The molecule has 109 heavy (non-hydrogen) atoms. The van der Waals surface area contributed by atoms with Gasteiger partial charge in [0, 0.05) is 0 Å². The molecule has 0 radical (unpaired) electrons. The molecule has 9 heteroatoms. The van der Waals surface area contributed by atoms with Crippen LogP contribution in [0.15, 0.2) is 58.3 Å². The topological polar surface area (TPSA) is 114 Å². The van der Waals surface area contributed by atoms with E-state index in [4.69, 9.17) is 0 Å². The molecule has 0 heterocycles. The van der Waals surface area contributed by atoms with E-state index in [1.807, 2.05) is 0 Å². The van der Waals surface area contributed by atoms with Crippen LogP contribution in [0, 0.1) is 0 Å². The van der Waals surface area contributed by atoms with Crippen LogP contribution in [-0.4, -0.2) is 63.7 Å². The Morgan fingerprint density at radius 1 is 0.165 bits per heavy atom. The predicted molar refractivity (Wildman–Crippen MR) is 481 cm³/mol. The SMILES string of the molecule is CCCCCCCCCCCCCCCCCCCCCCCCCCCCCCCCCCCCCCCCCCCCc1ccc(S(=O)(=O)[O-])cc1.CCCCCCCCCCCCCCCCCCCCCCCCCCCCCCCCCCCCCCCCCCCCc1ccc(S(=O)(=O)[O-])cc1.[Ca+2]. The van der Waals surface area contributed by atoms with Crippen molar-refractivity contribution >= 4 is 58.0 Å². The second kappa shape index (κ2) is 88.3. The van der Waals surface area contributed by atoms with Gasteiger partial charge in [0.2, 0.25) is 0 Å². The van der Waals surface area contributed by atoms with Gasteiger partial charge in [-0.25, -0.2) is 16.8 Å². The minimum absolute atomic E-state index is 0. The van der Waals surface area contributed by atoms with Crippen LogP contribution in [0.1, 0.15) is 564 Å². The van der Waals surface area contributed by atoms with Gasteiger partial charge in [-0.15, -0.1) is 0 Å². The molecule has 2 aromatic rings. The largest absolute Gasteiger partial charge is 2.00 e. The first-order chi connectivity index (χ1) is 53.1. The summed E-state index contributed by atoms with van der Waals surface area (Å²) >= 11 is 0. The van der Waals surface area contributed by atoms with Gasteiger partial charge in [-0.3, -0.25) is 0 Å². The summed E-state index contributed by atoms with van der Waals surface area (Å²) in [5, 5.41) is 0. The van der Waals surface area contributed by atoms with Gasteiger partial charge in [0.15, 0.2) is 0 Å². The van der Waals surface area contributed by atoms with E-state index in [1.165, 1.54) is 551 Å². The second-order valence-electron chi connectivity index (χ2n) is 34.7. The Hall–Kier alpha value is -0.480. The molecule has 0 aliphatic carbocycles. The molecule has 0 saturated carbocycles. The fourth-order valence-corrected chi connectivity index (χ4v) is 17.5. The van der Waals surface area contributed by atoms with E-state index in [2.05, 4.69) is 13.8 Å². The van der Waals surface area contributed by atoms with Crippen LogP contribution in [0.2, 0.25) is 0 Å². The first-order valence-electron chi connectivity index (χ1n) is 49.2. The van der Waals surface area contributed by atoms with Gasteiger partial charge in [-0.05, 0) is 61.1 Å². The van der Waals surface area contributed by atoms with Crippen LogP contribution in [0.3, 0.4) is 0 Å². The van der Waals surface area contributed by atoms with Gasteiger partial charge < -0.3 is 9.11 Å². The van der Waals surface area contributed by atoms with Crippen LogP contribution >= 0.6 is 0 Å². The number of benzene rings is 2. The van der Waals surface area contributed by atoms with Crippen molar-refractivity contribution in [1.29, 1.82) is 0 Å². The van der Waals surface area contributed by atoms with E-state index in [0.717, 1.165) is 36.8 Å². The summed E-state index contributed by atoms with van der Waals surface area (Å²) in [7, 11) is -8.67. The Morgan fingerprint density at radius 3 is 0.349 bits per heavy atom. The average molecular weight is 1590 g/mol. The number of aryl methyl sites for hydroxylation is 2. The normalized spacial score (nSPS) is 11.8. The number of rotatable bonds is 88. The van der Waals surface area contributed by atoms with Crippen LogP contribution in [0.5, 0.6) is 0 Å². The molecule has 0 amide bonds. The zero-order valence-corrected chi connectivity index (χ0v) is 77.2. The molecule has 0 unspecified atom stereocenters. The third-order valence-corrected chi connectivity index (χ3v) is 25.8. The molecule has 2 rings (SSSR count). The summed E-state index contributed by atoms with van der Waals surface area (Å²) < 4.78 is 66.1. The van der Waals surface area contributed by atoms with Gasteiger partial charge in [0.25, 0.3) is 0 Å². The molecule has 0 saturated heterocycles. The van der Waals surface area contributed by atoms with E-state index in [-0.39, 0.29) is 47.5 Å². The summed E-state index contributed by atoms with van der Waals surface area (Å²) in [6.07, 6.45) is 123. The number of hydrogen-bond acceptors (Lipinski definition) is 6. The molecular formula is C100H186CaO6S2. The number of unbranched alkanes of at least 4 members (excludes halogenated alkanes) is 82. The zero-order valence-electron chi connectivity index (χ0n) is 73.4. The third-order valence-electron chi connectivity index (χ3n) is 24.1. The number of hydrogen-bond donors (Lipinski definition) is 0. The fourth-order valence-electron chi connectivity index (χ4n) is 16.6. The Morgan fingerprint density at radius 2 is 0.257 bits per heavy atom. The maximum absolute atomic E-state index is 11.0. The maximum Gasteiger partial charge on any atom is 2.00 e. The third kappa shape index (κ3) is 83.8. The Balaban J connectivity index is 0.00000212. The molecule has 0 N–H and O–H groups in total. The summed E-state index contributed by atoms with van der Waals surface area (Å²) in [6, 6.07) is 12.8. The van der Waals surface area contributed by atoms with Gasteiger partial charge in [0.05, 0.1) is 9.79 Å². The Kier molecular flexibility index (Phi) is 87.9. The molecule has 0 fully saturated rings. The monoisotopic (exact) mass is 1590 g/mol. The van der Waals surface area contributed by atoms with Crippen molar-refractivity contribution in [3.63, 3.8) is 0 Å². The van der Waals surface area contributed by atoms with E-state index >= 15 is 0 Å². The minimum Gasteiger partial charge on any atom is -0.744 e. The van der Waals surface area contributed by atoms with Crippen molar-refractivity contribution < 1.29 is 25.9 Å². The quantitative estimate of drug-likeness (QED) is 0.0370. The Labute approximate surface area is 713 Å². The summed E-state index contributed by atoms with van der Waals surface area (Å²) in [4.78, 5) is -0.262. The van der Waals surface area contributed by atoms with Crippen molar-refractivity contribution in [3.8, 4) is 0 Å². The maximum atomic E-state index is 11.0. The molecule has 2 aromatic carbocycles. The zero-order chi connectivity index (χ0) is 77.8. The van der Waals surface area contributed by atoms with Crippen molar-refractivity contribution in [3.05, 3.63) is 59.7 Å². The van der Waals surface area contributed by atoms with E-state index in [9.17, 15) is 25.9 Å². The molecule has 6 nitrogen and oxygen atoms in total. The first kappa shape index (κ1) is 109. The fraction of sp³-hybridized carbons (Fsp3) is 0.880. The summed E-state index contributed by atoms with van der Waals surface area (Å²) in [5.74, 6) is 0. The first-order valence-corrected chi connectivity index (χ1v) is 52.0. The molecule has 636 valence electrons. The van der Waals surface area contributed by atoms with Crippen molar-refractivity contribution in [2.75, 3.05) is 0 Å². The standard InChI is InChI=1S/2C50H94O3S.Ca/c2*1-2-3-4-5-6-7-8-9-10-11-12-13-14-15-16-17-18-19-20-21-22-23-24-25-26-27-28-29-30-31-32-33-34-35-36-37-38-39-40-41-42-43-44-49-45-47-50(48-46-49)54(51,52)53;/h2*45-48H,2-44H2,1H3,(H,51,52,53);/q;;+2/p-2. The van der Waals surface area contributed by atoms with Crippen molar-refractivity contribution in [1.82, 2.24) is 0 Å². The van der Waals surface area contributed by atoms with Crippen LogP contribution in [0.4, 0.5) is 0 Å². The van der Waals surface area contributed by atoms with E-state index in [1.54, 1.807) is 24.3 Å². The van der Waals surface area contributed by atoms with Crippen LogP contribution in [-0.2, 0) is 33.1 Å². The molecule has 0 atom stereocenters. The van der Waals surface area contributed by atoms with Crippen molar-refractivity contribution in [2.45, 2.75) is 576 Å². The summed E-state index contributed by atoms with van der Waals surface area (Å²) in [6.45, 7) is 4.61. The van der Waals surface area contributed by atoms with Gasteiger partial charge >= 0.3 is 37.7 Å². The molecule has 0 spiro atoms. The summed E-state index contributed by atoms with van der Waals surface area (Å²) in [5.41, 5.74) is 2.23. The Bertz CT molecular complexity index is 2110. The molecular weight excluding hydrogens is 1400 g/mol. The van der Waals surface area contributed by atoms with E-state index in [0.29, 0.717) is 0 Å². The molecule has 0 bridgehead atoms. The molecule has 0 aromatic heterocycles. The van der Waals surface area contributed by atoms with Gasteiger partial charge in [0.1, 0.15) is 20.2 Å². The molecule has 0 aliphatic heterocycles. The van der Waals surface area contributed by atoms with Crippen molar-refractivity contribution in [2.24, 2.45) is 0 Å². The molecule has 0 aliphatic rings. The van der Waals surface area contributed by atoms with Gasteiger partial charge in [-0.2, -0.15) is 0 Å². The minimum atomic E-state index is -4.33. The van der Waals surface area contributed by atoms with Crippen LogP contribution < -0.4 is 0 Å². The smallest absolute Gasteiger partial charge is 0.744 e.